The second-order valence-corrected chi connectivity index (χ2v) is 5.17. The van der Waals surface area contributed by atoms with Crippen molar-refractivity contribution in [3.8, 4) is 11.5 Å². The Morgan fingerprint density at radius 3 is 2.84 bits per heavy atom. The number of methoxy groups -OCH3 is 1. The minimum atomic E-state index is -0.724. The fraction of sp³-hybridized carbons (Fsp3) is 0.533. The predicted octanol–water partition coefficient (Wildman–Crippen LogP) is 3.03. The lowest BCUT2D eigenvalue weighted by Crippen LogP contribution is -2.13. The van der Waals surface area contributed by atoms with Crippen molar-refractivity contribution in [1.29, 1.82) is 0 Å². The molecule has 0 heterocycles. The molecule has 104 valence electrons. The summed E-state index contributed by atoms with van der Waals surface area (Å²) in [6, 6.07) is 5.85. The first-order chi connectivity index (χ1) is 9.08. The Bertz CT molecular complexity index is 455. The van der Waals surface area contributed by atoms with Crippen molar-refractivity contribution >= 4 is 5.97 Å². The van der Waals surface area contributed by atoms with E-state index in [4.69, 9.17) is 14.6 Å². The number of aryl methyl sites for hydroxylation is 1. The molecule has 1 aliphatic rings. The average Bonchev–Trinajstić information content (AvgIpc) is 2.78. The van der Waals surface area contributed by atoms with Crippen LogP contribution in [0.15, 0.2) is 18.2 Å². The Labute approximate surface area is 113 Å². The van der Waals surface area contributed by atoms with Gasteiger partial charge < -0.3 is 14.6 Å². The van der Waals surface area contributed by atoms with Gasteiger partial charge in [0.25, 0.3) is 0 Å². The molecule has 1 aliphatic carbocycles. The highest BCUT2D eigenvalue weighted by Gasteiger charge is 2.28. The lowest BCUT2D eigenvalue weighted by Gasteiger charge is -2.16. The lowest BCUT2D eigenvalue weighted by atomic mass is 10.0. The molecule has 4 heteroatoms. The lowest BCUT2D eigenvalue weighted by molar-refractivity contribution is -0.138. The van der Waals surface area contributed by atoms with E-state index in [0.717, 1.165) is 36.3 Å². The summed E-state index contributed by atoms with van der Waals surface area (Å²) >= 11 is 0. The summed E-state index contributed by atoms with van der Waals surface area (Å²) in [6.07, 6.45) is 2.98. The van der Waals surface area contributed by atoms with Crippen molar-refractivity contribution in [1.82, 2.24) is 0 Å². The van der Waals surface area contributed by atoms with Gasteiger partial charge in [-0.25, -0.2) is 0 Å². The third kappa shape index (κ3) is 3.63. The number of rotatable bonds is 5. The Balaban J connectivity index is 1.97. The number of aliphatic carboxylic acids is 1. The number of benzene rings is 1. The second-order valence-electron chi connectivity index (χ2n) is 5.17. The number of ether oxygens (including phenoxy) is 2. The highest BCUT2D eigenvalue weighted by Crippen LogP contribution is 2.35. The number of hydrogen-bond acceptors (Lipinski definition) is 3. The van der Waals surface area contributed by atoms with Crippen molar-refractivity contribution in [3.63, 3.8) is 0 Å². The molecule has 0 aromatic heterocycles. The monoisotopic (exact) mass is 264 g/mol. The zero-order valence-electron chi connectivity index (χ0n) is 11.4. The van der Waals surface area contributed by atoms with Crippen LogP contribution in [0.2, 0.25) is 0 Å². The van der Waals surface area contributed by atoms with Crippen LogP contribution < -0.4 is 9.47 Å². The summed E-state index contributed by atoms with van der Waals surface area (Å²) in [4.78, 5) is 10.7. The molecule has 19 heavy (non-hydrogen) atoms. The zero-order chi connectivity index (χ0) is 13.8. The van der Waals surface area contributed by atoms with E-state index in [1.165, 1.54) is 0 Å². The smallest absolute Gasteiger partial charge is 0.303 e. The molecule has 2 unspecified atom stereocenters. The summed E-state index contributed by atoms with van der Waals surface area (Å²) in [5.74, 6) is 0.994. The van der Waals surface area contributed by atoms with Crippen molar-refractivity contribution in [2.75, 3.05) is 7.11 Å². The van der Waals surface area contributed by atoms with Crippen LogP contribution >= 0.6 is 0 Å². The Kier molecular flexibility index (Phi) is 4.30. The topological polar surface area (TPSA) is 55.8 Å². The quantitative estimate of drug-likeness (QED) is 0.888. The largest absolute Gasteiger partial charge is 0.493 e. The molecule has 2 atom stereocenters. The second kappa shape index (κ2) is 5.95. The van der Waals surface area contributed by atoms with E-state index in [-0.39, 0.29) is 18.4 Å². The van der Waals surface area contributed by atoms with Gasteiger partial charge in [0.15, 0.2) is 11.5 Å². The molecule has 1 fully saturated rings. The van der Waals surface area contributed by atoms with Gasteiger partial charge in [-0.05, 0) is 49.8 Å². The normalized spacial score (nSPS) is 22.2. The minimum Gasteiger partial charge on any atom is -0.493 e. The van der Waals surface area contributed by atoms with Crippen molar-refractivity contribution in [2.24, 2.45) is 5.92 Å². The van der Waals surface area contributed by atoms with Crippen LogP contribution in [0.4, 0.5) is 0 Å². The van der Waals surface area contributed by atoms with Gasteiger partial charge in [0.1, 0.15) is 0 Å². The third-order valence-corrected chi connectivity index (χ3v) is 3.57. The van der Waals surface area contributed by atoms with Crippen molar-refractivity contribution in [3.05, 3.63) is 23.8 Å². The fourth-order valence-corrected chi connectivity index (χ4v) is 2.62. The number of carboxylic acid groups (broad SMARTS) is 1. The van der Waals surface area contributed by atoms with Gasteiger partial charge in [0, 0.05) is 6.42 Å². The first-order valence-electron chi connectivity index (χ1n) is 6.61. The Morgan fingerprint density at radius 1 is 1.37 bits per heavy atom. The molecule has 1 saturated carbocycles. The molecule has 1 N–H and O–H groups in total. The molecule has 0 saturated heterocycles. The molecule has 2 rings (SSSR count). The fourth-order valence-electron chi connectivity index (χ4n) is 2.62. The molecule has 0 aliphatic heterocycles. The SMILES string of the molecule is COc1cc(C)ccc1OC1CCC(CC(=O)O)C1. The molecule has 1 aromatic rings. The van der Waals surface area contributed by atoms with Gasteiger partial charge in [-0.2, -0.15) is 0 Å². The van der Waals surface area contributed by atoms with Crippen LogP contribution in [0.25, 0.3) is 0 Å². The van der Waals surface area contributed by atoms with Crippen LogP contribution in [0.5, 0.6) is 11.5 Å². The predicted molar refractivity (Wildman–Crippen MR) is 71.7 cm³/mol. The van der Waals surface area contributed by atoms with Crippen molar-refractivity contribution < 1.29 is 19.4 Å². The average molecular weight is 264 g/mol. The highest BCUT2D eigenvalue weighted by atomic mass is 16.5. The van der Waals surface area contributed by atoms with Crippen LogP contribution in [-0.2, 0) is 4.79 Å². The summed E-state index contributed by atoms with van der Waals surface area (Å²) in [5, 5.41) is 8.80. The van der Waals surface area contributed by atoms with E-state index in [2.05, 4.69) is 0 Å². The molecular weight excluding hydrogens is 244 g/mol. The number of hydrogen-bond donors (Lipinski definition) is 1. The van der Waals surface area contributed by atoms with E-state index < -0.39 is 5.97 Å². The van der Waals surface area contributed by atoms with Gasteiger partial charge in [-0.1, -0.05) is 6.07 Å². The molecule has 0 bridgehead atoms. The van der Waals surface area contributed by atoms with Gasteiger partial charge in [-0.3, -0.25) is 4.79 Å². The minimum absolute atomic E-state index is 0.0981. The van der Waals surface area contributed by atoms with Gasteiger partial charge in [0.05, 0.1) is 13.2 Å². The Hall–Kier alpha value is -1.71. The van der Waals surface area contributed by atoms with Gasteiger partial charge >= 0.3 is 5.97 Å². The van der Waals surface area contributed by atoms with Gasteiger partial charge in [0.2, 0.25) is 0 Å². The maximum atomic E-state index is 10.7. The van der Waals surface area contributed by atoms with E-state index >= 15 is 0 Å². The van der Waals surface area contributed by atoms with Crippen LogP contribution in [0.3, 0.4) is 0 Å². The number of carboxylic acids is 1. The maximum absolute atomic E-state index is 10.7. The van der Waals surface area contributed by atoms with E-state index in [1.807, 2.05) is 25.1 Å². The first-order valence-corrected chi connectivity index (χ1v) is 6.61. The van der Waals surface area contributed by atoms with Crippen molar-refractivity contribution in [2.45, 2.75) is 38.7 Å². The maximum Gasteiger partial charge on any atom is 0.303 e. The van der Waals surface area contributed by atoms with E-state index in [1.54, 1.807) is 7.11 Å². The summed E-state index contributed by atoms with van der Waals surface area (Å²) in [6.45, 7) is 2.00. The standard InChI is InChI=1S/C15H20O4/c1-10-3-6-13(14(7-10)18-2)19-12-5-4-11(8-12)9-15(16)17/h3,6-7,11-12H,4-5,8-9H2,1-2H3,(H,16,17). The number of carbonyl (C=O) groups is 1. The van der Waals surface area contributed by atoms with E-state index in [0.29, 0.717) is 0 Å². The molecular formula is C15H20O4. The Morgan fingerprint density at radius 2 is 2.16 bits per heavy atom. The van der Waals surface area contributed by atoms with E-state index in [9.17, 15) is 4.79 Å². The van der Waals surface area contributed by atoms with Crippen LogP contribution in [-0.4, -0.2) is 24.3 Å². The summed E-state index contributed by atoms with van der Waals surface area (Å²) in [7, 11) is 1.63. The van der Waals surface area contributed by atoms with Crippen LogP contribution in [0, 0.1) is 12.8 Å². The molecule has 0 amide bonds. The molecule has 0 radical (unpaired) electrons. The van der Waals surface area contributed by atoms with Gasteiger partial charge in [-0.15, -0.1) is 0 Å². The summed E-state index contributed by atoms with van der Waals surface area (Å²) in [5.41, 5.74) is 1.12. The zero-order valence-corrected chi connectivity index (χ0v) is 11.4. The third-order valence-electron chi connectivity index (χ3n) is 3.57. The highest BCUT2D eigenvalue weighted by molar-refractivity contribution is 5.67. The molecule has 1 aromatic carbocycles. The summed E-state index contributed by atoms with van der Waals surface area (Å²) < 4.78 is 11.3. The molecule has 4 nitrogen and oxygen atoms in total. The van der Waals surface area contributed by atoms with Crippen LogP contribution in [0.1, 0.15) is 31.2 Å². The molecule has 0 spiro atoms. The first kappa shape index (κ1) is 13.7.